The molecule has 0 aliphatic heterocycles. The summed E-state index contributed by atoms with van der Waals surface area (Å²) in [6.45, 7) is 0. The van der Waals surface area contributed by atoms with Gasteiger partial charge >= 0.3 is 0 Å². The lowest BCUT2D eigenvalue weighted by atomic mass is 10.0. The third kappa shape index (κ3) is 1.97. The van der Waals surface area contributed by atoms with Crippen LogP contribution < -0.4 is 10.5 Å². The van der Waals surface area contributed by atoms with E-state index in [1.165, 1.54) is 5.56 Å². The highest BCUT2D eigenvalue weighted by atomic mass is 16.5. The number of methoxy groups -OCH3 is 1. The van der Waals surface area contributed by atoms with Crippen LogP contribution in [0.5, 0.6) is 5.75 Å². The van der Waals surface area contributed by atoms with Gasteiger partial charge in [-0.15, -0.1) is 0 Å². The minimum Gasteiger partial charge on any atom is -0.497 e. The van der Waals surface area contributed by atoms with E-state index in [0.717, 1.165) is 35.4 Å². The molecule has 18 heavy (non-hydrogen) atoms. The first-order valence-corrected chi connectivity index (χ1v) is 6.14. The fourth-order valence-corrected chi connectivity index (χ4v) is 2.46. The van der Waals surface area contributed by atoms with Crippen LogP contribution >= 0.6 is 0 Å². The average molecular weight is 240 g/mol. The van der Waals surface area contributed by atoms with Crippen molar-refractivity contribution in [1.82, 2.24) is 4.98 Å². The molecule has 1 aromatic carbocycles. The van der Waals surface area contributed by atoms with Gasteiger partial charge in [0.2, 0.25) is 0 Å². The maximum absolute atomic E-state index is 5.96. The number of fused-ring (bicyclic) bond motifs is 1. The van der Waals surface area contributed by atoms with Gasteiger partial charge in [-0.2, -0.15) is 0 Å². The number of hydrogen-bond donors (Lipinski definition) is 1. The quantitative estimate of drug-likeness (QED) is 0.875. The van der Waals surface area contributed by atoms with E-state index in [4.69, 9.17) is 10.5 Å². The summed E-state index contributed by atoms with van der Waals surface area (Å²) < 4.78 is 5.25. The van der Waals surface area contributed by atoms with Crippen LogP contribution in [0.4, 0.5) is 0 Å². The van der Waals surface area contributed by atoms with Gasteiger partial charge < -0.3 is 10.5 Å². The number of pyridine rings is 1. The van der Waals surface area contributed by atoms with Crippen molar-refractivity contribution >= 4 is 0 Å². The predicted octanol–water partition coefficient (Wildman–Crippen LogP) is 2.18. The molecule has 1 atom stereocenters. The number of nitrogens with zero attached hydrogens (tertiary/aromatic N) is 1. The van der Waals surface area contributed by atoms with Crippen molar-refractivity contribution in [2.75, 3.05) is 7.11 Å². The number of hydrogen-bond acceptors (Lipinski definition) is 3. The molecular formula is C15H16N2O. The van der Waals surface area contributed by atoms with E-state index in [2.05, 4.69) is 17.1 Å². The van der Waals surface area contributed by atoms with E-state index in [-0.39, 0.29) is 6.04 Å². The Morgan fingerprint density at radius 2 is 2.11 bits per heavy atom. The molecule has 1 unspecified atom stereocenters. The van der Waals surface area contributed by atoms with E-state index < -0.39 is 0 Å². The van der Waals surface area contributed by atoms with Crippen molar-refractivity contribution in [1.29, 1.82) is 0 Å². The van der Waals surface area contributed by atoms with Crippen LogP contribution in [-0.4, -0.2) is 18.1 Å². The molecule has 3 nitrogen and oxygen atoms in total. The first-order chi connectivity index (χ1) is 8.76. The molecule has 1 aromatic heterocycles. The van der Waals surface area contributed by atoms with Crippen molar-refractivity contribution in [2.24, 2.45) is 5.73 Å². The number of benzene rings is 1. The molecule has 92 valence electrons. The van der Waals surface area contributed by atoms with Gasteiger partial charge in [0.25, 0.3) is 0 Å². The molecule has 0 saturated heterocycles. The first-order valence-electron chi connectivity index (χ1n) is 6.14. The van der Waals surface area contributed by atoms with E-state index in [1.807, 2.05) is 24.4 Å². The molecule has 2 N–H and O–H groups in total. The van der Waals surface area contributed by atoms with E-state index in [0.29, 0.717) is 0 Å². The van der Waals surface area contributed by atoms with Crippen LogP contribution in [0.1, 0.15) is 11.3 Å². The Hall–Kier alpha value is -1.87. The standard InChI is InChI=1S/C15H16N2O/c1-18-14-4-2-3-10(7-14)12-5-11-6-13(16)8-15(11)17-9-12/h2-5,7,9,13H,6,8,16H2,1H3. The second-order valence-electron chi connectivity index (χ2n) is 4.73. The summed E-state index contributed by atoms with van der Waals surface area (Å²) in [5, 5.41) is 0. The predicted molar refractivity (Wildman–Crippen MR) is 71.6 cm³/mol. The molecule has 0 bridgehead atoms. The molecule has 1 aliphatic carbocycles. The summed E-state index contributed by atoms with van der Waals surface area (Å²) >= 11 is 0. The fourth-order valence-electron chi connectivity index (χ4n) is 2.46. The van der Waals surface area contributed by atoms with Crippen molar-refractivity contribution < 1.29 is 4.74 Å². The Labute approximate surface area is 107 Å². The molecule has 0 fully saturated rings. The van der Waals surface area contributed by atoms with Crippen LogP contribution in [0.2, 0.25) is 0 Å². The summed E-state index contributed by atoms with van der Waals surface area (Å²) in [6, 6.07) is 10.5. The van der Waals surface area contributed by atoms with Crippen LogP contribution in [0.3, 0.4) is 0 Å². The lowest BCUT2D eigenvalue weighted by Gasteiger charge is -2.06. The van der Waals surface area contributed by atoms with Gasteiger partial charge in [0, 0.05) is 29.9 Å². The zero-order chi connectivity index (χ0) is 12.5. The van der Waals surface area contributed by atoms with Crippen LogP contribution in [0, 0.1) is 0 Å². The van der Waals surface area contributed by atoms with E-state index >= 15 is 0 Å². The molecule has 1 heterocycles. The van der Waals surface area contributed by atoms with Gasteiger partial charge in [0.15, 0.2) is 0 Å². The smallest absolute Gasteiger partial charge is 0.119 e. The maximum Gasteiger partial charge on any atom is 0.119 e. The second kappa shape index (κ2) is 4.42. The minimum absolute atomic E-state index is 0.230. The van der Waals surface area contributed by atoms with Gasteiger partial charge in [0.05, 0.1) is 7.11 Å². The van der Waals surface area contributed by atoms with Gasteiger partial charge in [-0.25, -0.2) is 0 Å². The highest BCUT2D eigenvalue weighted by Gasteiger charge is 2.19. The Bertz CT molecular complexity index is 580. The molecule has 0 amide bonds. The Morgan fingerprint density at radius 3 is 2.94 bits per heavy atom. The molecule has 1 aliphatic rings. The third-order valence-corrected chi connectivity index (χ3v) is 3.40. The maximum atomic E-state index is 5.96. The van der Waals surface area contributed by atoms with E-state index in [9.17, 15) is 0 Å². The van der Waals surface area contributed by atoms with Crippen LogP contribution in [0.25, 0.3) is 11.1 Å². The van der Waals surface area contributed by atoms with Gasteiger partial charge in [-0.05, 0) is 35.7 Å². The van der Waals surface area contributed by atoms with Gasteiger partial charge in [0.1, 0.15) is 5.75 Å². The SMILES string of the molecule is COc1cccc(-c2cnc3c(c2)CC(N)C3)c1. The Morgan fingerprint density at radius 1 is 1.22 bits per heavy atom. The molecular weight excluding hydrogens is 224 g/mol. The number of rotatable bonds is 2. The monoisotopic (exact) mass is 240 g/mol. The summed E-state index contributed by atoms with van der Waals surface area (Å²) in [7, 11) is 1.68. The second-order valence-corrected chi connectivity index (χ2v) is 4.73. The fraction of sp³-hybridized carbons (Fsp3) is 0.267. The van der Waals surface area contributed by atoms with Crippen molar-refractivity contribution in [3.63, 3.8) is 0 Å². The number of aromatic nitrogens is 1. The highest BCUT2D eigenvalue weighted by Crippen LogP contribution is 2.27. The zero-order valence-electron chi connectivity index (χ0n) is 10.4. The Kier molecular flexibility index (Phi) is 2.76. The normalized spacial score (nSPS) is 17.6. The average Bonchev–Trinajstić information content (AvgIpc) is 2.77. The molecule has 0 radical (unpaired) electrons. The molecule has 0 spiro atoms. The molecule has 2 aromatic rings. The van der Waals surface area contributed by atoms with Gasteiger partial charge in [-0.3, -0.25) is 4.98 Å². The summed E-state index contributed by atoms with van der Waals surface area (Å²) in [5.74, 6) is 0.865. The lowest BCUT2D eigenvalue weighted by molar-refractivity contribution is 0.415. The van der Waals surface area contributed by atoms with Crippen molar-refractivity contribution in [3.8, 4) is 16.9 Å². The van der Waals surface area contributed by atoms with E-state index in [1.54, 1.807) is 7.11 Å². The van der Waals surface area contributed by atoms with Crippen molar-refractivity contribution in [2.45, 2.75) is 18.9 Å². The first kappa shape index (κ1) is 11.2. The summed E-state index contributed by atoms with van der Waals surface area (Å²) in [4.78, 5) is 4.52. The van der Waals surface area contributed by atoms with Crippen molar-refractivity contribution in [3.05, 3.63) is 47.8 Å². The number of nitrogens with two attached hydrogens (primary N) is 1. The minimum atomic E-state index is 0.230. The molecule has 3 heteroatoms. The summed E-state index contributed by atoms with van der Waals surface area (Å²) in [5.41, 5.74) is 10.6. The van der Waals surface area contributed by atoms with Gasteiger partial charge in [-0.1, -0.05) is 12.1 Å². The largest absolute Gasteiger partial charge is 0.497 e. The molecule has 0 saturated carbocycles. The Balaban J connectivity index is 2.00. The topological polar surface area (TPSA) is 48.1 Å². The van der Waals surface area contributed by atoms with Crippen LogP contribution in [0.15, 0.2) is 36.5 Å². The summed E-state index contributed by atoms with van der Waals surface area (Å²) in [6.07, 6.45) is 3.75. The third-order valence-electron chi connectivity index (χ3n) is 3.40. The molecule has 3 rings (SSSR count). The zero-order valence-corrected chi connectivity index (χ0v) is 10.4. The lowest BCUT2D eigenvalue weighted by Crippen LogP contribution is -2.19. The highest BCUT2D eigenvalue weighted by molar-refractivity contribution is 5.65. The number of ether oxygens (including phenoxy) is 1. The van der Waals surface area contributed by atoms with Crippen LogP contribution in [-0.2, 0) is 12.8 Å².